The number of hydrogen-bond acceptors (Lipinski definition) is 4. The smallest absolute Gasteiger partial charge is 0.251 e. The van der Waals surface area contributed by atoms with E-state index in [1.807, 2.05) is 31.2 Å². The Hall–Kier alpha value is -4.19. The molecule has 33 heavy (non-hydrogen) atoms. The molecule has 0 amide bonds. The normalized spacial score (nSPS) is 12.0. The van der Waals surface area contributed by atoms with E-state index in [4.69, 9.17) is 0 Å². The Labute approximate surface area is 191 Å². The highest BCUT2D eigenvalue weighted by atomic mass is 16.1. The molecule has 164 valence electrons. The van der Waals surface area contributed by atoms with Crippen LogP contribution >= 0.6 is 0 Å². The van der Waals surface area contributed by atoms with Gasteiger partial charge < -0.3 is 15.3 Å². The zero-order chi connectivity index (χ0) is 22.6. The lowest BCUT2D eigenvalue weighted by Gasteiger charge is -2.18. The zero-order valence-corrected chi connectivity index (χ0v) is 18.4. The van der Waals surface area contributed by atoms with Crippen LogP contribution in [0.5, 0.6) is 0 Å². The van der Waals surface area contributed by atoms with E-state index < -0.39 is 0 Å². The third kappa shape index (κ3) is 4.41. The van der Waals surface area contributed by atoms with Crippen molar-refractivity contribution in [2.24, 2.45) is 0 Å². The average Bonchev–Trinajstić information content (AvgIpc) is 3.29. The molecule has 3 aromatic heterocycles. The number of pyridine rings is 1. The lowest BCUT2D eigenvalue weighted by atomic mass is 9.91. The first-order valence-electron chi connectivity index (χ1n) is 11.1. The first-order valence-corrected chi connectivity index (χ1v) is 11.1. The molecule has 5 aromatic rings. The van der Waals surface area contributed by atoms with Crippen LogP contribution in [0.1, 0.15) is 29.7 Å². The van der Waals surface area contributed by atoms with Crippen molar-refractivity contribution in [3.63, 3.8) is 0 Å². The topological polar surface area (TPSA) is 86.5 Å². The Balaban J connectivity index is 1.40. The van der Waals surface area contributed by atoms with Gasteiger partial charge >= 0.3 is 0 Å². The minimum atomic E-state index is -0.150. The van der Waals surface area contributed by atoms with Gasteiger partial charge in [-0.25, -0.2) is 9.97 Å². The number of aromatic nitrogens is 4. The number of rotatable bonds is 7. The van der Waals surface area contributed by atoms with Crippen LogP contribution in [0.3, 0.4) is 0 Å². The fourth-order valence-electron chi connectivity index (χ4n) is 4.15. The van der Waals surface area contributed by atoms with Crippen LogP contribution in [0.2, 0.25) is 0 Å². The second-order valence-corrected chi connectivity index (χ2v) is 8.00. The van der Waals surface area contributed by atoms with Crippen LogP contribution in [-0.2, 0) is 6.42 Å². The maximum atomic E-state index is 11.9. The summed E-state index contributed by atoms with van der Waals surface area (Å²) >= 11 is 0. The molecule has 1 atom stereocenters. The van der Waals surface area contributed by atoms with Gasteiger partial charge in [-0.3, -0.25) is 4.79 Å². The standard InChI is InChI=1S/C27H25N5O/c1-2-20-14-26(33)32-27(31-20)19-12-13-25(29-15-19)30-16-22(18-8-4-3-5-9-18)23-17-28-24-11-7-6-10-21(23)24/h3-15,17,22,28H,2,16H2,1H3,(H,29,30)(H,31,32,33). The summed E-state index contributed by atoms with van der Waals surface area (Å²) in [7, 11) is 0. The highest BCUT2D eigenvalue weighted by Gasteiger charge is 2.18. The Morgan fingerprint density at radius 1 is 1.00 bits per heavy atom. The minimum Gasteiger partial charge on any atom is -0.369 e. The molecule has 0 aliphatic rings. The maximum absolute atomic E-state index is 11.9. The summed E-state index contributed by atoms with van der Waals surface area (Å²) in [5.41, 5.74) is 5.02. The third-order valence-electron chi connectivity index (χ3n) is 5.88. The summed E-state index contributed by atoms with van der Waals surface area (Å²) in [5.74, 6) is 1.47. The first-order chi connectivity index (χ1) is 16.2. The number of anilines is 1. The van der Waals surface area contributed by atoms with E-state index in [1.54, 1.807) is 6.20 Å². The molecule has 0 aliphatic heterocycles. The number of fused-ring (bicyclic) bond motifs is 1. The average molecular weight is 436 g/mol. The van der Waals surface area contributed by atoms with Gasteiger partial charge in [-0.05, 0) is 35.7 Å². The van der Waals surface area contributed by atoms with Gasteiger partial charge in [-0.2, -0.15) is 0 Å². The van der Waals surface area contributed by atoms with Crippen LogP contribution in [-0.4, -0.2) is 26.5 Å². The fraction of sp³-hybridized carbons (Fsp3) is 0.148. The van der Waals surface area contributed by atoms with Crippen molar-refractivity contribution >= 4 is 16.7 Å². The van der Waals surface area contributed by atoms with Crippen LogP contribution in [0.15, 0.2) is 90.0 Å². The maximum Gasteiger partial charge on any atom is 0.251 e. The molecule has 5 rings (SSSR count). The number of nitrogens with one attached hydrogen (secondary N) is 3. The van der Waals surface area contributed by atoms with Crippen molar-refractivity contribution in [3.8, 4) is 11.4 Å². The monoisotopic (exact) mass is 435 g/mol. The van der Waals surface area contributed by atoms with Crippen molar-refractivity contribution in [1.82, 2.24) is 19.9 Å². The zero-order valence-electron chi connectivity index (χ0n) is 18.4. The van der Waals surface area contributed by atoms with Crippen molar-refractivity contribution in [2.75, 3.05) is 11.9 Å². The molecule has 1 unspecified atom stereocenters. The van der Waals surface area contributed by atoms with Crippen molar-refractivity contribution in [2.45, 2.75) is 19.3 Å². The van der Waals surface area contributed by atoms with E-state index in [0.717, 1.165) is 22.6 Å². The van der Waals surface area contributed by atoms with Crippen LogP contribution in [0, 0.1) is 0 Å². The lowest BCUT2D eigenvalue weighted by Crippen LogP contribution is -2.14. The van der Waals surface area contributed by atoms with E-state index in [0.29, 0.717) is 18.8 Å². The summed E-state index contributed by atoms with van der Waals surface area (Å²) in [6.07, 6.45) is 4.55. The number of H-pyrrole nitrogens is 2. The molecule has 0 fully saturated rings. The third-order valence-corrected chi connectivity index (χ3v) is 5.88. The van der Waals surface area contributed by atoms with Crippen molar-refractivity contribution in [1.29, 1.82) is 0 Å². The molecular formula is C27H25N5O. The largest absolute Gasteiger partial charge is 0.369 e. The van der Waals surface area contributed by atoms with Crippen molar-refractivity contribution in [3.05, 3.63) is 112 Å². The second kappa shape index (κ2) is 9.12. The number of benzene rings is 2. The van der Waals surface area contributed by atoms with Gasteiger partial charge in [0, 0.05) is 53.1 Å². The molecule has 3 heterocycles. The van der Waals surface area contributed by atoms with E-state index in [-0.39, 0.29) is 11.5 Å². The molecule has 0 bridgehead atoms. The van der Waals surface area contributed by atoms with E-state index in [2.05, 4.69) is 73.9 Å². The number of hydrogen-bond donors (Lipinski definition) is 3. The van der Waals surface area contributed by atoms with Crippen molar-refractivity contribution < 1.29 is 0 Å². The highest BCUT2D eigenvalue weighted by molar-refractivity contribution is 5.84. The summed E-state index contributed by atoms with van der Waals surface area (Å²) in [6.45, 7) is 2.67. The van der Waals surface area contributed by atoms with Crippen LogP contribution < -0.4 is 10.9 Å². The van der Waals surface area contributed by atoms with Crippen LogP contribution in [0.4, 0.5) is 5.82 Å². The summed E-state index contributed by atoms with van der Waals surface area (Å²) in [4.78, 5) is 27.2. The molecular weight excluding hydrogens is 410 g/mol. The lowest BCUT2D eigenvalue weighted by molar-refractivity contribution is 0.855. The first kappa shape index (κ1) is 20.7. The van der Waals surface area contributed by atoms with Gasteiger partial charge in [0.1, 0.15) is 11.6 Å². The number of aromatic amines is 2. The molecule has 0 spiro atoms. The molecule has 0 saturated heterocycles. The summed E-state index contributed by atoms with van der Waals surface area (Å²) < 4.78 is 0. The van der Waals surface area contributed by atoms with E-state index in [1.165, 1.54) is 22.6 Å². The second-order valence-electron chi connectivity index (χ2n) is 8.00. The quantitative estimate of drug-likeness (QED) is 0.331. The predicted molar refractivity (Wildman–Crippen MR) is 133 cm³/mol. The Bertz CT molecular complexity index is 1420. The van der Waals surface area contributed by atoms with E-state index >= 15 is 0 Å². The van der Waals surface area contributed by atoms with Gasteiger partial charge in [-0.15, -0.1) is 0 Å². The van der Waals surface area contributed by atoms with Gasteiger partial charge in [-0.1, -0.05) is 55.5 Å². The highest BCUT2D eigenvalue weighted by Crippen LogP contribution is 2.31. The van der Waals surface area contributed by atoms with Gasteiger partial charge in [0.2, 0.25) is 0 Å². The van der Waals surface area contributed by atoms with Crippen LogP contribution in [0.25, 0.3) is 22.3 Å². The predicted octanol–water partition coefficient (Wildman–Crippen LogP) is 5.12. The molecule has 6 nitrogen and oxygen atoms in total. The Morgan fingerprint density at radius 2 is 1.82 bits per heavy atom. The number of para-hydroxylation sites is 1. The minimum absolute atomic E-state index is 0.150. The van der Waals surface area contributed by atoms with Gasteiger partial charge in [0.25, 0.3) is 5.56 Å². The molecule has 0 radical (unpaired) electrons. The Kier molecular flexibility index (Phi) is 5.72. The molecule has 6 heteroatoms. The molecule has 2 aromatic carbocycles. The molecule has 0 aliphatic carbocycles. The number of nitrogens with zero attached hydrogens (tertiary/aromatic N) is 2. The summed E-state index contributed by atoms with van der Waals surface area (Å²) in [5, 5.41) is 4.72. The SMILES string of the molecule is CCc1cc(=O)[nH]c(-c2ccc(NCC(c3ccccc3)c3c[nH]c4ccccc34)nc2)n1. The van der Waals surface area contributed by atoms with E-state index in [9.17, 15) is 4.79 Å². The van der Waals surface area contributed by atoms with Gasteiger partial charge in [0.05, 0.1) is 0 Å². The number of aryl methyl sites for hydroxylation is 1. The fourth-order valence-corrected chi connectivity index (χ4v) is 4.15. The summed E-state index contributed by atoms with van der Waals surface area (Å²) in [6, 6.07) is 24.2. The molecule has 3 N–H and O–H groups in total. The Morgan fingerprint density at radius 3 is 2.61 bits per heavy atom. The molecule has 0 saturated carbocycles. The van der Waals surface area contributed by atoms with Gasteiger partial charge in [0.15, 0.2) is 0 Å².